The molecule has 0 spiro atoms. The minimum atomic E-state index is -4.43. The third-order valence-corrected chi connectivity index (χ3v) is 4.31. The molecule has 0 radical (unpaired) electrons. The number of rotatable bonds is 3. The monoisotopic (exact) mass is 388 g/mol. The molecule has 144 valence electrons. The van der Waals surface area contributed by atoms with Crippen LogP contribution in [-0.4, -0.2) is 20.8 Å². The lowest BCUT2D eigenvalue weighted by atomic mass is 10.0. The van der Waals surface area contributed by atoms with E-state index in [0.29, 0.717) is 18.0 Å². The Hall–Kier alpha value is -3.36. The third kappa shape index (κ3) is 3.68. The molecule has 3 aromatic rings. The van der Waals surface area contributed by atoms with E-state index in [1.54, 1.807) is 18.5 Å². The molecule has 0 saturated carbocycles. The topological polar surface area (TPSA) is 61.5 Å². The Morgan fingerprint density at radius 3 is 2.79 bits per heavy atom. The van der Waals surface area contributed by atoms with Gasteiger partial charge in [-0.3, -0.25) is 0 Å². The van der Waals surface area contributed by atoms with Crippen LogP contribution in [0.2, 0.25) is 0 Å². The molecule has 28 heavy (non-hydrogen) atoms. The van der Waals surface area contributed by atoms with Gasteiger partial charge < -0.3 is 9.57 Å². The highest BCUT2D eigenvalue weighted by Crippen LogP contribution is 2.35. The molecular weight excluding hydrogens is 373 g/mol. The van der Waals surface area contributed by atoms with Crippen molar-refractivity contribution in [3.63, 3.8) is 0 Å². The summed E-state index contributed by atoms with van der Waals surface area (Å²) < 4.78 is 46.0. The fraction of sp³-hybridized carbons (Fsp3) is 0.211. The summed E-state index contributed by atoms with van der Waals surface area (Å²) in [5.41, 5.74) is 0.826. The van der Waals surface area contributed by atoms with E-state index in [-0.39, 0.29) is 11.9 Å². The van der Waals surface area contributed by atoms with Crippen LogP contribution in [-0.2, 0) is 11.0 Å². The van der Waals surface area contributed by atoms with Gasteiger partial charge in [-0.25, -0.2) is 4.68 Å². The molecule has 2 aromatic carbocycles. The Morgan fingerprint density at radius 2 is 2.04 bits per heavy atom. The molecule has 2 heterocycles. The zero-order valence-corrected chi connectivity index (χ0v) is 14.7. The summed E-state index contributed by atoms with van der Waals surface area (Å²) in [6.45, 7) is 1.82. The number of benzene rings is 2. The van der Waals surface area contributed by atoms with E-state index in [1.165, 1.54) is 16.8 Å². The van der Waals surface area contributed by atoms with Crippen molar-refractivity contribution in [3.05, 3.63) is 71.5 Å². The second-order valence-corrected chi connectivity index (χ2v) is 6.31. The highest BCUT2D eigenvalue weighted by molar-refractivity contribution is 5.84. The van der Waals surface area contributed by atoms with E-state index < -0.39 is 11.7 Å². The van der Waals surface area contributed by atoms with Crippen LogP contribution in [0.1, 0.15) is 29.2 Å². The lowest BCUT2D eigenvalue weighted by Gasteiger charge is -2.14. The molecule has 1 atom stereocenters. The number of nitrogens with zero attached hydrogens (tertiary/aromatic N) is 4. The summed E-state index contributed by atoms with van der Waals surface area (Å²) in [6, 6.07) is 10.2. The van der Waals surface area contributed by atoms with Gasteiger partial charge in [0.2, 0.25) is 0 Å². The number of aromatic nitrogens is 3. The molecule has 0 saturated heterocycles. The van der Waals surface area contributed by atoms with E-state index in [9.17, 15) is 13.2 Å². The largest absolute Gasteiger partial charge is 0.457 e. The molecule has 0 bridgehead atoms. The maximum Gasteiger partial charge on any atom is 0.416 e. The summed E-state index contributed by atoms with van der Waals surface area (Å²) >= 11 is 0. The average Bonchev–Trinajstić information content (AvgIpc) is 3.34. The van der Waals surface area contributed by atoms with Gasteiger partial charge in [-0.1, -0.05) is 28.6 Å². The summed E-state index contributed by atoms with van der Waals surface area (Å²) in [5, 5.41) is 11.6. The van der Waals surface area contributed by atoms with E-state index in [2.05, 4.69) is 15.5 Å². The second-order valence-electron chi connectivity index (χ2n) is 6.31. The van der Waals surface area contributed by atoms with Gasteiger partial charge >= 0.3 is 6.18 Å². The van der Waals surface area contributed by atoms with Gasteiger partial charge in [-0.15, -0.1) is 5.10 Å². The van der Waals surface area contributed by atoms with E-state index in [4.69, 9.17) is 9.57 Å². The predicted molar refractivity (Wildman–Crippen MR) is 94.0 cm³/mol. The first kappa shape index (κ1) is 18.0. The Balaban J connectivity index is 1.54. The standard InChI is InChI=1S/C19H15F3N4O2/c1-12-5-6-13(17-11-18(24-28-17)26-8-7-23-25-26)9-16(12)27-15-4-2-3-14(10-15)19(20,21)22/h2-10,17H,11H2,1H3/t17-/m1/s1. The minimum absolute atomic E-state index is 0.113. The van der Waals surface area contributed by atoms with Crippen molar-refractivity contribution in [2.75, 3.05) is 0 Å². The molecule has 0 N–H and O–H groups in total. The van der Waals surface area contributed by atoms with Crippen molar-refractivity contribution in [2.24, 2.45) is 5.16 Å². The van der Waals surface area contributed by atoms with Crippen LogP contribution in [0.15, 0.2) is 60.0 Å². The van der Waals surface area contributed by atoms with Crippen LogP contribution in [0.3, 0.4) is 0 Å². The van der Waals surface area contributed by atoms with Crippen molar-refractivity contribution < 1.29 is 22.7 Å². The number of ether oxygens (including phenoxy) is 1. The molecule has 1 aliphatic heterocycles. The molecule has 1 aromatic heterocycles. The number of halogens is 3. The zero-order valence-electron chi connectivity index (χ0n) is 14.7. The fourth-order valence-electron chi connectivity index (χ4n) is 2.81. The number of hydrogen-bond donors (Lipinski definition) is 0. The molecule has 0 fully saturated rings. The summed E-state index contributed by atoms with van der Waals surface area (Å²) in [6.07, 6.45) is -1.08. The number of oxime groups is 1. The Kier molecular flexibility index (Phi) is 4.50. The molecule has 0 unspecified atom stereocenters. The van der Waals surface area contributed by atoms with Crippen molar-refractivity contribution in [2.45, 2.75) is 25.6 Å². The number of hydrogen-bond acceptors (Lipinski definition) is 5. The van der Waals surface area contributed by atoms with Crippen molar-refractivity contribution >= 4 is 5.84 Å². The molecule has 6 nitrogen and oxygen atoms in total. The minimum Gasteiger partial charge on any atom is -0.457 e. The summed E-state index contributed by atoms with van der Waals surface area (Å²) in [5.74, 6) is 1.18. The van der Waals surface area contributed by atoms with Crippen LogP contribution >= 0.6 is 0 Å². The van der Waals surface area contributed by atoms with Gasteiger partial charge in [0.25, 0.3) is 0 Å². The van der Waals surface area contributed by atoms with Gasteiger partial charge in [0.05, 0.1) is 24.4 Å². The normalized spacial score (nSPS) is 16.6. The first-order chi connectivity index (χ1) is 13.4. The predicted octanol–water partition coefficient (Wildman–Crippen LogP) is 4.72. The van der Waals surface area contributed by atoms with Crippen LogP contribution in [0, 0.1) is 6.92 Å². The van der Waals surface area contributed by atoms with Gasteiger partial charge in [-0.2, -0.15) is 13.2 Å². The third-order valence-electron chi connectivity index (χ3n) is 4.31. The average molecular weight is 388 g/mol. The fourth-order valence-corrected chi connectivity index (χ4v) is 2.81. The van der Waals surface area contributed by atoms with Gasteiger partial charge in [0.1, 0.15) is 11.5 Å². The van der Waals surface area contributed by atoms with E-state index in [1.807, 2.05) is 19.1 Å². The second kappa shape index (κ2) is 6.99. The van der Waals surface area contributed by atoms with Gasteiger partial charge in [-0.05, 0) is 42.3 Å². The van der Waals surface area contributed by atoms with E-state index in [0.717, 1.165) is 23.3 Å². The lowest BCUT2D eigenvalue weighted by molar-refractivity contribution is -0.137. The smallest absolute Gasteiger partial charge is 0.416 e. The Labute approximate surface area is 158 Å². The first-order valence-electron chi connectivity index (χ1n) is 8.45. The molecule has 0 amide bonds. The lowest BCUT2D eigenvalue weighted by Crippen LogP contribution is -2.11. The van der Waals surface area contributed by atoms with Gasteiger partial charge in [0, 0.05) is 0 Å². The quantitative estimate of drug-likeness (QED) is 0.651. The summed E-state index contributed by atoms with van der Waals surface area (Å²) in [7, 11) is 0. The molecule has 4 rings (SSSR count). The highest BCUT2D eigenvalue weighted by Gasteiger charge is 2.31. The number of aryl methyl sites for hydroxylation is 1. The van der Waals surface area contributed by atoms with Crippen molar-refractivity contribution in [1.82, 2.24) is 15.0 Å². The van der Waals surface area contributed by atoms with Crippen molar-refractivity contribution in [3.8, 4) is 11.5 Å². The molecule has 1 aliphatic rings. The molecular formula is C19H15F3N4O2. The van der Waals surface area contributed by atoms with E-state index >= 15 is 0 Å². The van der Waals surface area contributed by atoms with Crippen LogP contribution in [0.4, 0.5) is 13.2 Å². The van der Waals surface area contributed by atoms with Gasteiger partial charge in [0.15, 0.2) is 11.9 Å². The molecule has 9 heteroatoms. The highest BCUT2D eigenvalue weighted by atomic mass is 19.4. The maximum absolute atomic E-state index is 12.9. The Bertz CT molecular complexity index is 1020. The van der Waals surface area contributed by atoms with Crippen LogP contribution in [0.5, 0.6) is 11.5 Å². The Morgan fingerprint density at radius 1 is 1.18 bits per heavy atom. The summed E-state index contributed by atoms with van der Waals surface area (Å²) in [4.78, 5) is 5.48. The first-order valence-corrected chi connectivity index (χ1v) is 8.45. The molecule has 0 aliphatic carbocycles. The maximum atomic E-state index is 12.9. The SMILES string of the molecule is Cc1ccc([C@H]2CC(n3ccnn3)=NO2)cc1Oc1cccc(C(F)(F)F)c1. The zero-order chi connectivity index (χ0) is 19.7. The van der Waals surface area contributed by atoms with Crippen LogP contribution < -0.4 is 4.74 Å². The number of alkyl halides is 3. The van der Waals surface area contributed by atoms with Crippen LogP contribution in [0.25, 0.3) is 0 Å². The van der Waals surface area contributed by atoms with Crippen molar-refractivity contribution in [1.29, 1.82) is 0 Å².